The first kappa shape index (κ1) is 29.7. The number of carboxylic acids is 1. The van der Waals surface area contributed by atoms with E-state index in [9.17, 15) is 19.5 Å². The lowest BCUT2D eigenvalue weighted by molar-refractivity contribution is -0.146. The SMILES string of the molecule is COc1ccc(-c2ccc(C(=O)c3c(CC(C)(C)C(=O)O)c(C(=O)C(C)(C)C)c4cc(C(C)C)ccn34)cc2)cn1. The topological polar surface area (TPSA) is 98.0 Å². The van der Waals surface area contributed by atoms with Gasteiger partial charge in [-0.05, 0) is 61.1 Å². The number of hydrogen-bond acceptors (Lipinski definition) is 5. The summed E-state index contributed by atoms with van der Waals surface area (Å²) in [4.78, 5) is 44.7. The van der Waals surface area contributed by atoms with E-state index in [1.165, 1.54) is 0 Å². The van der Waals surface area contributed by atoms with Crippen molar-refractivity contribution in [2.45, 2.75) is 60.8 Å². The lowest BCUT2D eigenvalue weighted by Gasteiger charge is -2.22. The van der Waals surface area contributed by atoms with Crippen molar-refractivity contribution in [3.8, 4) is 17.0 Å². The molecule has 0 saturated carbocycles. The lowest BCUT2D eigenvalue weighted by Crippen LogP contribution is -2.29. The number of benzene rings is 1. The largest absolute Gasteiger partial charge is 0.481 e. The fraction of sp³-hybridized carbons (Fsp3) is 0.353. The number of fused-ring (bicyclic) bond motifs is 1. The molecule has 3 aromatic heterocycles. The van der Waals surface area contributed by atoms with Crippen LogP contribution in [0.3, 0.4) is 0 Å². The van der Waals surface area contributed by atoms with Gasteiger partial charge in [-0.3, -0.25) is 14.4 Å². The maximum absolute atomic E-state index is 14.3. The summed E-state index contributed by atoms with van der Waals surface area (Å²) in [5.74, 6) is -0.695. The first-order valence-corrected chi connectivity index (χ1v) is 13.8. The summed E-state index contributed by atoms with van der Waals surface area (Å²) in [6.45, 7) is 12.9. The van der Waals surface area contributed by atoms with E-state index in [0.717, 1.165) is 16.7 Å². The molecule has 0 aliphatic carbocycles. The van der Waals surface area contributed by atoms with Gasteiger partial charge >= 0.3 is 5.97 Å². The molecule has 1 N–H and O–H groups in total. The summed E-state index contributed by atoms with van der Waals surface area (Å²) in [7, 11) is 1.56. The van der Waals surface area contributed by atoms with Gasteiger partial charge in [-0.25, -0.2) is 4.98 Å². The van der Waals surface area contributed by atoms with Crippen LogP contribution in [0.4, 0.5) is 0 Å². The molecule has 4 rings (SSSR count). The van der Waals surface area contributed by atoms with Crippen LogP contribution < -0.4 is 4.74 Å². The van der Waals surface area contributed by atoms with Crippen molar-refractivity contribution >= 4 is 23.1 Å². The van der Waals surface area contributed by atoms with Crippen molar-refractivity contribution in [1.29, 1.82) is 0 Å². The number of carbonyl (C=O) groups excluding carboxylic acids is 2. The molecule has 0 spiro atoms. The molecular formula is C34H38N2O5. The minimum Gasteiger partial charge on any atom is -0.481 e. The van der Waals surface area contributed by atoms with Crippen molar-refractivity contribution < 1.29 is 24.2 Å². The van der Waals surface area contributed by atoms with Crippen LogP contribution >= 0.6 is 0 Å². The smallest absolute Gasteiger partial charge is 0.309 e. The molecule has 41 heavy (non-hydrogen) atoms. The van der Waals surface area contributed by atoms with Crippen LogP contribution in [-0.4, -0.2) is 39.1 Å². The van der Waals surface area contributed by atoms with E-state index in [4.69, 9.17) is 4.74 Å². The second-order valence-corrected chi connectivity index (χ2v) is 12.5. The molecule has 0 bridgehead atoms. The maximum atomic E-state index is 14.3. The fourth-order valence-electron chi connectivity index (χ4n) is 4.87. The molecule has 0 saturated heterocycles. The Hall–Kier alpha value is -4.26. The normalized spacial score (nSPS) is 12.1. The molecule has 0 aliphatic heterocycles. The highest BCUT2D eigenvalue weighted by molar-refractivity contribution is 6.15. The lowest BCUT2D eigenvalue weighted by atomic mass is 9.79. The van der Waals surface area contributed by atoms with Gasteiger partial charge in [0, 0.05) is 40.6 Å². The third-order valence-electron chi connectivity index (χ3n) is 7.48. The van der Waals surface area contributed by atoms with Gasteiger partial charge in [0.2, 0.25) is 11.7 Å². The van der Waals surface area contributed by atoms with Crippen LogP contribution in [-0.2, 0) is 11.2 Å². The maximum Gasteiger partial charge on any atom is 0.309 e. The molecule has 214 valence electrons. The van der Waals surface area contributed by atoms with Crippen LogP contribution in [0.2, 0.25) is 0 Å². The van der Waals surface area contributed by atoms with Gasteiger partial charge in [-0.15, -0.1) is 0 Å². The third kappa shape index (κ3) is 5.80. The Balaban J connectivity index is 1.94. The molecule has 7 nitrogen and oxygen atoms in total. The van der Waals surface area contributed by atoms with Gasteiger partial charge < -0.3 is 14.2 Å². The minimum absolute atomic E-state index is 0.0227. The second-order valence-electron chi connectivity index (χ2n) is 12.5. The molecule has 3 heterocycles. The Bertz CT molecular complexity index is 1620. The first-order chi connectivity index (χ1) is 19.2. The Kier molecular flexibility index (Phi) is 7.94. The number of aliphatic carboxylic acids is 1. The Morgan fingerprint density at radius 3 is 2.10 bits per heavy atom. The second kappa shape index (κ2) is 11.0. The quantitative estimate of drug-likeness (QED) is 0.219. The van der Waals surface area contributed by atoms with Gasteiger partial charge in [0.1, 0.15) is 0 Å². The number of Topliss-reactive ketones (excluding diaryl/α,β-unsaturated/α-hetero) is 1. The predicted octanol–water partition coefficient (Wildman–Crippen LogP) is 7.25. The average molecular weight is 555 g/mol. The van der Waals surface area contributed by atoms with Crippen LogP contribution in [0.1, 0.15) is 91.9 Å². The number of methoxy groups -OCH3 is 1. The molecule has 0 radical (unpaired) electrons. The summed E-state index contributed by atoms with van der Waals surface area (Å²) in [5.41, 5.74) is 3.09. The number of rotatable bonds is 9. The monoisotopic (exact) mass is 554 g/mol. The number of hydrogen-bond donors (Lipinski definition) is 1. The number of nitrogens with zero attached hydrogens (tertiary/aromatic N) is 2. The molecule has 0 unspecified atom stereocenters. The molecule has 7 heteroatoms. The number of ether oxygens (including phenoxy) is 1. The van der Waals surface area contributed by atoms with Crippen molar-refractivity contribution in [2.24, 2.45) is 10.8 Å². The Morgan fingerprint density at radius 2 is 1.59 bits per heavy atom. The molecule has 1 aromatic carbocycles. The first-order valence-electron chi connectivity index (χ1n) is 13.8. The zero-order chi connectivity index (χ0) is 30.3. The van der Waals surface area contributed by atoms with Gasteiger partial charge in [0.15, 0.2) is 5.78 Å². The highest BCUT2D eigenvalue weighted by atomic mass is 16.5. The van der Waals surface area contributed by atoms with Crippen LogP contribution in [0, 0.1) is 10.8 Å². The number of carboxylic acid groups (broad SMARTS) is 1. The number of aromatic nitrogens is 2. The van der Waals surface area contributed by atoms with Crippen molar-refractivity contribution in [1.82, 2.24) is 9.38 Å². The Morgan fingerprint density at radius 1 is 0.951 bits per heavy atom. The fourth-order valence-corrected chi connectivity index (χ4v) is 4.87. The van der Waals surface area contributed by atoms with E-state index in [1.54, 1.807) is 49.8 Å². The zero-order valence-corrected chi connectivity index (χ0v) is 25.0. The van der Waals surface area contributed by atoms with E-state index < -0.39 is 16.8 Å². The van der Waals surface area contributed by atoms with Gasteiger partial charge in [0.25, 0.3) is 0 Å². The van der Waals surface area contributed by atoms with E-state index in [-0.39, 0.29) is 23.9 Å². The van der Waals surface area contributed by atoms with Crippen molar-refractivity contribution in [2.75, 3.05) is 7.11 Å². The summed E-state index contributed by atoms with van der Waals surface area (Å²) in [5, 5.41) is 10.0. The standard InChI is InChI=1S/C34H38N2O5/c1-20(2)23-15-16-36-26(17-23)28(31(38)33(3,4)5)25(18-34(6,7)32(39)40)29(36)30(37)22-11-9-21(10-12-22)24-13-14-27(41-8)35-19-24/h9-17,19-20H,18H2,1-8H3,(H,39,40). The third-order valence-corrected chi connectivity index (χ3v) is 7.48. The summed E-state index contributed by atoms with van der Waals surface area (Å²) in [6.07, 6.45) is 3.56. The highest BCUT2D eigenvalue weighted by Crippen LogP contribution is 2.37. The highest BCUT2D eigenvalue weighted by Gasteiger charge is 2.37. The molecule has 0 amide bonds. The molecule has 0 aliphatic rings. The van der Waals surface area contributed by atoms with E-state index in [2.05, 4.69) is 18.8 Å². The number of pyridine rings is 2. The number of ketones is 2. The van der Waals surface area contributed by atoms with Crippen molar-refractivity contribution in [3.63, 3.8) is 0 Å². The predicted molar refractivity (Wildman–Crippen MR) is 160 cm³/mol. The summed E-state index contributed by atoms with van der Waals surface area (Å²) >= 11 is 0. The molecule has 4 aromatic rings. The molecule has 0 fully saturated rings. The van der Waals surface area contributed by atoms with Crippen molar-refractivity contribution in [3.05, 3.63) is 88.9 Å². The van der Waals surface area contributed by atoms with Gasteiger partial charge in [0.05, 0.1) is 23.7 Å². The average Bonchev–Trinajstić information content (AvgIpc) is 3.23. The summed E-state index contributed by atoms with van der Waals surface area (Å²) < 4.78 is 6.91. The molecule has 0 atom stereocenters. The number of carbonyl (C=O) groups is 3. The van der Waals surface area contributed by atoms with Gasteiger partial charge in [-0.1, -0.05) is 58.9 Å². The minimum atomic E-state index is -1.21. The summed E-state index contributed by atoms with van der Waals surface area (Å²) in [6, 6.07) is 14.8. The van der Waals surface area contributed by atoms with Crippen LogP contribution in [0.15, 0.2) is 60.9 Å². The Labute approximate surface area is 241 Å². The van der Waals surface area contributed by atoms with E-state index in [1.807, 2.05) is 57.3 Å². The van der Waals surface area contributed by atoms with Gasteiger partial charge in [-0.2, -0.15) is 0 Å². The van der Waals surface area contributed by atoms with E-state index >= 15 is 0 Å². The zero-order valence-electron chi connectivity index (χ0n) is 25.0. The van der Waals surface area contributed by atoms with E-state index in [0.29, 0.717) is 33.8 Å². The molecular weight excluding hydrogens is 516 g/mol. The van der Waals surface area contributed by atoms with Crippen LogP contribution in [0.25, 0.3) is 16.6 Å². The van der Waals surface area contributed by atoms with Crippen LogP contribution in [0.5, 0.6) is 5.88 Å².